The quantitative estimate of drug-likeness (QED) is 0.644. The van der Waals surface area contributed by atoms with Gasteiger partial charge in [-0.15, -0.1) is 0 Å². The second-order valence-electron chi connectivity index (χ2n) is 6.90. The Morgan fingerprint density at radius 1 is 1.32 bits per heavy atom. The minimum atomic E-state index is -0.591. The van der Waals surface area contributed by atoms with Crippen LogP contribution in [0.1, 0.15) is 50.4 Å². The van der Waals surface area contributed by atoms with E-state index in [4.69, 9.17) is 4.42 Å². The van der Waals surface area contributed by atoms with E-state index >= 15 is 0 Å². The Bertz CT molecular complexity index is 710. The molecule has 3 N–H and O–H groups in total. The minimum absolute atomic E-state index is 0.145. The van der Waals surface area contributed by atoms with Crippen LogP contribution in [0.2, 0.25) is 0 Å². The summed E-state index contributed by atoms with van der Waals surface area (Å²) in [6.45, 7) is 3.35. The molecule has 0 aliphatic carbocycles. The molecule has 1 fully saturated rings. The Labute approximate surface area is 148 Å². The summed E-state index contributed by atoms with van der Waals surface area (Å²) in [5.41, 5.74) is 1.93. The summed E-state index contributed by atoms with van der Waals surface area (Å²) < 4.78 is 5.89. The second-order valence-corrected chi connectivity index (χ2v) is 6.90. The van der Waals surface area contributed by atoms with Crippen molar-refractivity contribution in [1.82, 2.24) is 10.6 Å². The first-order valence-electron chi connectivity index (χ1n) is 9.38. The van der Waals surface area contributed by atoms with Crippen molar-refractivity contribution in [2.45, 2.75) is 64.1 Å². The second kappa shape index (κ2) is 8.50. The Balaban J connectivity index is 1.56. The maximum absolute atomic E-state index is 12.1. The van der Waals surface area contributed by atoms with Gasteiger partial charge in [0.2, 0.25) is 5.91 Å². The van der Waals surface area contributed by atoms with Gasteiger partial charge in [0.25, 0.3) is 0 Å². The first kappa shape index (κ1) is 18.0. The van der Waals surface area contributed by atoms with E-state index in [0.717, 1.165) is 35.1 Å². The molecule has 5 nitrogen and oxygen atoms in total. The molecule has 2 atom stereocenters. The largest absolute Gasteiger partial charge is 0.461 e. The van der Waals surface area contributed by atoms with Gasteiger partial charge in [0.05, 0.1) is 6.10 Å². The van der Waals surface area contributed by atoms with Crippen LogP contribution in [-0.2, 0) is 17.8 Å². The van der Waals surface area contributed by atoms with Gasteiger partial charge in [0.1, 0.15) is 17.4 Å². The van der Waals surface area contributed by atoms with Crippen LogP contribution in [0.15, 0.2) is 28.7 Å². The molecule has 0 radical (unpaired) electrons. The van der Waals surface area contributed by atoms with E-state index in [1.165, 1.54) is 19.3 Å². The Morgan fingerprint density at radius 3 is 2.96 bits per heavy atom. The molecular weight excluding hydrogens is 316 g/mol. The van der Waals surface area contributed by atoms with Crippen molar-refractivity contribution in [1.29, 1.82) is 0 Å². The monoisotopic (exact) mass is 344 g/mol. The van der Waals surface area contributed by atoms with E-state index in [9.17, 15) is 9.90 Å². The zero-order valence-corrected chi connectivity index (χ0v) is 14.9. The number of aliphatic hydroxyl groups is 1. The molecule has 2 aromatic rings. The number of hydrogen-bond acceptors (Lipinski definition) is 4. The van der Waals surface area contributed by atoms with E-state index < -0.39 is 12.1 Å². The number of amides is 1. The molecule has 3 rings (SSSR count). The van der Waals surface area contributed by atoms with Crippen molar-refractivity contribution in [2.24, 2.45) is 0 Å². The number of hydrogen-bond donors (Lipinski definition) is 3. The Kier molecular flexibility index (Phi) is 6.10. The molecule has 136 valence electrons. The first-order chi connectivity index (χ1) is 12.2. The fourth-order valence-corrected chi connectivity index (χ4v) is 3.36. The number of carbonyl (C=O) groups excluding carboxylic acids is 1. The highest BCUT2D eigenvalue weighted by molar-refractivity contribution is 5.83. The van der Waals surface area contributed by atoms with Gasteiger partial charge in [-0.25, -0.2) is 0 Å². The van der Waals surface area contributed by atoms with E-state index in [0.29, 0.717) is 19.5 Å². The summed E-state index contributed by atoms with van der Waals surface area (Å²) in [7, 11) is 0. The summed E-state index contributed by atoms with van der Waals surface area (Å²) in [4.78, 5) is 12.1. The third-order valence-corrected chi connectivity index (χ3v) is 4.85. The Hall–Kier alpha value is -1.85. The molecule has 1 aliphatic heterocycles. The fourth-order valence-electron chi connectivity index (χ4n) is 3.36. The van der Waals surface area contributed by atoms with Crippen molar-refractivity contribution in [2.75, 3.05) is 6.54 Å². The standard InChI is InChI=1S/C20H28N2O3/c1-2-3-4-5-6-16-12-15-11-14(7-8-18(15)25-16)13-22-20(24)19-17(23)9-10-21-19/h7-8,11-12,17,19,21,23H,2-6,9-10,13H2,1H3,(H,22,24). The SMILES string of the molecule is CCCCCCc1cc2cc(CNC(=O)C3NCCC3O)ccc2o1. The highest BCUT2D eigenvalue weighted by Gasteiger charge is 2.30. The molecule has 25 heavy (non-hydrogen) atoms. The summed E-state index contributed by atoms with van der Waals surface area (Å²) in [5, 5.41) is 16.8. The van der Waals surface area contributed by atoms with Gasteiger partial charge in [-0.05, 0) is 43.1 Å². The van der Waals surface area contributed by atoms with Gasteiger partial charge < -0.3 is 20.2 Å². The van der Waals surface area contributed by atoms with Crippen molar-refractivity contribution in [3.8, 4) is 0 Å². The van der Waals surface area contributed by atoms with Gasteiger partial charge in [-0.2, -0.15) is 0 Å². The lowest BCUT2D eigenvalue weighted by Gasteiger charge is -2.14. The number of fused-ring (bicyclic) bond motifs is 1. The van der Waals surface area contributed by atoms with Crippen LogP contribution in [0.25, 0.3) is 11.0 Å². The van der Waals surface area contributed by atoms with E-state index in [2.05, 4.69) is 29.7 Å². The molecule has 2 unspecified atom stereocenters. The summed E-state index contributed by atoms with van der Waals surface area (Å²) in [5.74, 6) is 0.888. The van der Waals surface area contributed by atoms with Crippen molar-refractivity contribution in [3.63, 3.8) is 0 Å². The number of rotatable bonds is 8. The van der Waals surface area contributed by atoms with Gasteiger partial charge in [-0.3, -0.25) is 4.79 Å². The van der Waals surface area contributed by atoms with Crippen LogP contribution in [0.4, 0.5) is 0 Å². The fraction of sp³-hybridized carbons (Fsp3) is 0.550. The molecule has 1 aliphatic rings. The lowest BCUT2D eigenvalue weighted by molar-refractivity contribution is -0.124. The third-order valence-electron chi connectivity index (χ3n) is 4.85. The zero-order valence-electron chi connectivity index (χ0n) is 14.9. The number of aryl methyl sites for hydroxylation is 1. The molecule has 5 heteroatoms. The average molecular weight is 344 g/mol. The Morgan fingerprint density at radius 2 is 2.20 bits per heavy atom. The maximum atomic E-state index is 12.1. The molecule has 0 bridgehead atoms. The number of nitrogens with one attached hydrogen (secondary N) is 2. The smallest absolute Gasteiger partial charge is 0.240 e. The highest BCUT2D eigenvalue weighted by atomic mass is 16.3. The molecule has 1 amide bonds. The summed E-state index contributed by atoms with van der Waals surface area (Å²) in [6, 6.07) is 7.62. The normalized spacial score (nSPS) is 20.2. The number of unbranched alkanes of at least 4 members (excludes halogenated alkanes) is 3. The topological polar surface area (TPSA) is 74.5 Å². The number of furan rings is 1. The van der Waals surface area contributed by atoms with Crippen LogP contribution in [0.5, 0.6) is 0 Å². The molecular formula is C20H28N2O3. The van der Waals surface area contributed by atoms with E-state index in [-0.39, 0.29) is 5.91 Å². The lowest BCUT2D eigenvalue weighted by atomic mass is 10.1. The van der Waals surface area contributed by atoms with E-state index in [1.54, 1.807) is 0 Å². The number of aliphatic hydroxyl groups excluding tert-OH is 1. The molecule has 0 spiro atoms. The molecule has 1 saturated heterocycles. The van der Waals surface area contributed by atoms with Gasteiger partial charge >= 0.3 is 0 Å². The van der Waals surface area contributed by atoms with E-state index in [1.807, 2.05) is 12.1 Å². The van der Waals surface area contributed by atoms with Crippen molar-refractivity contribution >= 4 is 16.9 Å². The minimum Gasteiger partial charge on any atom is -0.461 e. The molecule has 0 saturated carbocycles. The van der Waals surface area contributed by atoms with Gasteiger partial charge in [-0.1, -0.05) is 32.3 Å². The average Bonchev–Trinajstić information content (AvgIpc) is 3.21. The lowest BCUT2D eigenvalue weighted by Crippen LogP contribution is -2.45. The molecule has 1 aromatic heterocycles. The van der Waals surface area contributed by atoms with Crippen LogP contribution in [0.3, 0.4) is 0 Å². The number of benzene rings is 1. The van der Waals surface area contributed by atoms with Crippen LogP contribution >= 0.6 is 0 Å². The number of carbonyl (C=O) groups is 1. The maximum Gasteiger partial charge on any atom is 0.240 e. The van der Waals surface area contributed by atoms with Crippen molar-refractivity contribution < 1.29 is 14.3 Å². The van der Waals surface area contributed by atoms with Crippen LogP contribution in [-0.4, -0.2) is 29.7 Å². The predicted octanol–water partition coefficient (Wildman–Crippen LogP) is 2.89. The van der Waals surface area contributed by atoms with Gasteiger partial charge in [0, 0.05) is 18.4 Å². The highest BCUT2D eigenvalue weighted by Crippen LogP contribution is 2.22. The van der Waals surface area contributed by atoms with Crippen LogP contribution in [0, 0.1) is 0 Å². The van der Waals surface area contributed by atoms with Crippen molar-refractivity contribution in [3.05, 3.63) is 35.6 Å². The summed E-state index contributed by atoms with van der Waals surface area (Å²) >= 11 is 0. The summed E-state index contributed by atoms with van der Waals surface area (Å²) in [6.07, 6.45) is 5.93. The molecule has 2 heterocycles. The predicted molar refractivity (Wildman–Crippen MR) is 98.3 cm³/mol. The first-order valence-corrected chi connectivity index (χ1v) is 9.38. The molecule has 1 aromatic carbocycles. The third kappa shape index (κ3) is 4.61. The van der Waals surface area contributed by atoms with Crippen LogP contribution < -0.4 is 10.6 Å². The van der Waals surface area contributed by atoms with Gasteiger partial charge in [0.15, 0.2) is 0 Å². The zero-order chi connectivity index (χ0) is 17.6.